The maximum absolute atomic E-state index is 12.7. The van der Waals surface area contributed by atoms with Crippen molar-refractivity contribution in [1.29, 1.82) is 0 Å². The molecule has 1 heterocycles. The van der Waals surface area contributed by atoms with Crippen LogP contribution in [0.2, 0.25) is 0 Å². The fourth-order valence-electron chi connectivity index (χ4n) is 2.94. The van der Waals surface area contributed by atoms with Gasteiger partial charge in [-0.2, -0.15) is 5.10 Å². The zero-order valence-electron chi connectivity index (χ0n) is 17.7. The van der Waals surface area contributed by atoms with Crippen molar-refractivity contribution in [2.75, 3.05) is 17.7 Å². The van der Waals surface area contributed by atoms with E-state index in [0.29, 0.717) is 39.9 Å². The predicted molar refractivity (Wildman–Crippen MR) is 123 cm³/mol. The maximum atomic E-state index is 12.7. The smallest absolute Gasteiger partial charge is 0.272 e. The first-order chi connectivity index (χ1) is 14.8. The number of nitrogens with zero attached hydrogens (tertiary/aromatic N) is 2. The van der Waals surface area contributed by atoms with Gasteiger partial charge < -0.3 is 26.1 Å². The molecular weight excluding hydrogens is 396 g/mol. The number of rotatable bonds is 6. The first kappa shape index (κ1) is 21.6. The number of anilines is 2. The van der Waals surface area contributed by atoms with Crippen molar-refractivity contribution in [1.82, 2.24) is 4.98 Å². The maximum Gasteiger partial charge on any atom is 0.272 e. The third-order valence-corrected chi connectivity index (χ3v) is 4.41. The molecule has 0 radical (unpaired) electrons. The summed E-state index contributed by atoms with van der Waals surface area (Å²) in [6.45, 7) is 4.91. The van der Waals surface area contributed by atoms with E-state index in [-0.39, 0.29) is 11.8 Å². The lowest BCUT2D eigenvalue weighted by Gasteiger charge is -2.08. The number of hydrogen-bond acceptors (Lipinski definition) is 5. The lowest BCUT2D eigenvalue weighted by Crippen LogP contribution is -2.12. The number of amidine groups is 1. The lowest BCUT2D eigenvalue weighted by atomic mass is 10.1. The highest BCUT2D eigenvalue weighted by Crippen LogP contribution is 2.30. The van der Waals surface area contributed by atoms with Crippen LogP contribution in [0.3, 0.4) is 0 Å². The van der Waals surface area contributed by atoms with Crippen molar-refractivity contribution in [3.05, 3.63) is 53.7 Å². The van der Waals surface area contributed by atoms with Crippen molar-refractivity contribution in [2.24, 2.45) is 15.9 Å². The number of amides is 2. The molecule has 1 aromatic heterocycles. The molecule has 2 amide bonds. The Kier molecular flexibility index (Phi) is 6.35. The molecule has 9 nitrogen and oxygen atoms in total. The largest absolute Gasteiger partial charge is 0.495 e. The first-order valence-corrected chi connectivity index (χ1v) is 9.51. The normalized spacial score (nSPS) is 12.0. The summed E-state index contributed by atoms with van der Waals surface area (Å²) in [5.74, 6) is 0.382. The van der Waals surface area contributed by atoms with Crippen LogP contribution in [0.25, 0.3) is 10.9 Å². The molecule has 0 aliphatic rings. The van der Waals surface area contributed by atoms with Gasteiger partial charge in [-0.1, -0.05) is 12.1 Å². The van der Waals surface area contributed by atoms with Crippen LogP contribution in [0.1, 0.15) is 36.8 Å². The lowest BCUT2D eigenvalue weighted by molar-refractivity contribution is -0.114. The van der Waals surface area contributed by atoms with Gasteiger partial charge in [-0.3, -0.25) is 9.59 Å². The third kappa shape index (κ3) is 5.27. The van der Waals surface area contributed by atoms with E-state index in [9.17, 15) is 9.59 Å². The third-order valence-electron chi connectivity index (χ3n) is 4.41. The monoisotopic (exact) mass is 420 g/mol. The number of fused-ring (bicyclic) bond motifs is 1. The molecule has 0 saturated heterocycles. The number of hydrogen-bond donors (Lipinski definition) is 4. The average Bonchev–Trinajstić information content (AvgIpc) is 3.14. The van der Waals surface area contributed by atoms with Crippen LogP contribution in [-0.2, 0) is 4.79 Å². The van der Waals surface area contributed by atoms with Crippen molar-refractivity contribution >= 4 is 45.6 Å². The number of carbonyl (C=O) groups excluding carboxylic acids is 2. The second-order valence-electron chi connectivity index (χ2n) is 6.96. The SMILES string of the molecule is COc1cc2cc(C(=O)Nc3ccc(/C(C)=N\N=C(C)N)cc3)[nH]c2cc1NC(C)=O. The van der Waals surface area contributed by atoms with E-state index in [1.165, 1.54) is 14.0 Å². The summed E-state index contributed by atoms with van der Waals surface area (Å²) in [5, 5.41) is 14.2. The van der Waals surface area contributed by atoms with Gasteiger partial charge >= 0.3 is 0 Å². The molecule has 3 rings (SSSR count). The predicted octanol–water partition coefficient (Wildman–Crippen LogP) is 3.49. The second-order valence-corrected chi connectivity index (χ2v) is 6.96. The van der Waals surface area contributed by atoms with E-state index in [0.717, 1.165) is 10.9 Å². The van der Waals surface area contributed by atoms with Gasteiger partial charge in [-0.15, -0.1) is 5.10 Å². The summed E-state index contributed by atoms with van der Waals surface area (Å²) in [5.41, 5.74) is 9.31. The van der Waals surface area contributed by atoms with Gasteiger partial charge in [0.1, 0.15) is 17.3 Å². The standard InChI is InChI=1S/C22H24N6O3/c1-12(27-28-13(2)23)15-5-7-17(8-6-15)25-22(30)20-9-16-10-21(31-4)19(24-14(3)29)11-18(16)26-20/h5-11,26H,1-4H3,(H2,23,28)(H,24,29)(H,25,30)/b27-12-. The summed E-state index contributed by atoms with van der Waals surface area (Å²) in [7, 11) is 1.52. The number of aromatic amines is 1. The number of ether oxygens (including phenoxy) is 1. The van der Waals surface area contributed by atoms with Crippen molar-refractivity contribution in [3.63, 3.8) is 0 Å². The summed E-state index contributed by atoms with van der Waals surface area (Å²) in [6, 6.07) is 12.5. The molecular formula is C22H24N6O3. The molecule has 0 bridgehead atoms. The number of carbonyl (C=O) groups is 2. The van der Waals surface area contributed by atoms with E-state index in [2.05, 4.69) is 25.8 Å². The van der Waals surface area contributed by atoms with E-state index in [1.54, 1.807) is 37.3 Å². The van der Waals surface area contributed by atoms with Crippen LogP contribution in [0.5, 0.6) is 5.75 Å². The van der Waals surface area contributed by atoms with Gasteiger partial charge in [0.25, 0.3) is 5.91 Å². The Morgan fingerprint density at radius 3 is 2.32 bits per heavy atom. The topological polar surface area (TPSA) is 134 Å². The van der Waals surface area contributed by atoms with Crippen molar-refractivity contribution in [2.45, 2.75) is 20.8 Å². The van der Waals surface area contributed by atoms with Gasteiger partial charge in [0.15, 0.2) is 0 Å². The van der Waals surface area contributed by atoms with Gasteiger partial charge in [0.2, 0.25) is 5.91 Å². The Balaban J connectivity index is 1.79. The molecule has 3 aromatic rings. The number of benzene rings is 2. The molecule has 0 fully saturated rings. The Labute approximate surface area is 179 Å². The van der Waals surface area contributed by atoms with Crippen molar-refractivity contribution in [3.8, 4) is 5.75 Å². The molecule has 0 aliphatic carbocycles. The Morgan fingerprint density at radius 1 is 1.00 bits per heavy atom. The second kappa shape index (κ2) is 9.12. The highest BCUT2D eigenvalue weighted by Gasteiger charge is 2.13. The number of methoxy groups -OCH3 is 1. The average molecular weight is 420 g/mol. The number of nitrogens with one attached hydrogen (secondary N) is 3. The quantitative estimate of drug-likeness (QED) is 0.276. The van der Waals surface area contributed by atoms with E-state index < -0.39 is 0 Å². The molecule has 0 aliphatic heterocycles. The minimum Gasteiger partial charge on any atom is -0.495 e. The minimum absolute atomic E-state index is 0.212. The molecule has 0 spiro atoms. The van der Waals surface area contributed by atoms with Gasteiger partial charge in [-0.05, 0) is 49.7 Å². The fourth-order valence-corrected chi connectivity index (χ4v) is 2.94. The molecule has 9 heteroatoms. The summed E-state index contributed by atoms with van der Waals surface area (Å²) >= 11 is 0. The number of H-pyrrole nitrogens is 1. The van der Waals surface area contributed by atoms with Gasteiger partial charge in [0.05, 0.1) is 18.5 Å². The van der Waals surface area contributed by atoms with Gasteiger partial charge in [-0.25, -0.2) is 0 Å². The van der Waals surface area contributed by atoms with E-state index >= 15 is 0 Å². The van der Waals surface area contributed by atoms with Crippen LogP contribution in [0.4, 0.5) is 11.4 Å². The Morgan fingerprint density at radius 2 is 1.71 bits per heavy atom. The molecule has 5 N–H and O–H groups in total. The minimum atomic E-state index is -0.294. The van der Waals surface area contributed by atoms with E-state index in [1.807, 2.05) is 19.1 Å². The molecule has 0 atom stereocenters. The molecule has 0 unspecified atom stereocenters. The molecule has 31 heavy (non-hydrogen) atoms. The number of nitrogens with two attached hydrogens (primary N) is 1. The summed E-state index contributed by atoms with van der Waals surface area (Å²) in [6.07, 6.45) is 0. The molecule has 2 aromatic carbocycles. The summed E-state index contributed by atoms with van der Waals surface area (Å²) < 4.78 is 5.33. The summed E-state index contributed by atoms with van der Waals surface area (Å²) in [4.78, 5) is 27.2. The zero-order chi connectivity index (χ0) is 22.5. The Hall–Kier alpha value is -4.14. The zero-order valence-corrected chi connectivity index (χ0v) is 17.7. The van der Waals surface area contributed by atoms with Crippen LogP contribution in [-0.4, -0.2) is 35.5 Å². The van der Waals surface area contributed by atoms with Crippen LogP contribution in [0.15, 0.2) is 52.7 Å². The van der Waals surface area contributed by atoms with Crippen LogP contribution in [0, 0.1) is 0 Å². The first-order valence-electron chi connectivity index (χ1n) is 9.51. The van der Waals surface area contributed by atoms with Crippen LogP contribution >= 0.6 is 0 Å². The highest BCUT2D eigenvalue weighted by atomic mass is 16.5. The molecule has 0 saturated carbocycles. The Bertz CT molecular complexity index is 1190. The van der Waals surface area contributed by atoms with E-state index in [4.69, 9.17) is 10.5 Å². The molecule has 160 valence electrons. The highest BCUT2D eigenvalue weighted by molar-refractivity contribution is 6.07. The van der Waals surface area contributed by atoms with Crippen LogP contribution < -0.4 is 21.1 Å². The van der Waals surface area contributed by atoms with Crippen molar-refractivity contribution < 1.29 is 14.3 Å². The van der Waals surface area contributed by atoms with Gasteiger partial charge in [0, 0.05) is 23.5 Å². The number of aromatic nitrogens is 1. The fraction of sp³-hybridized carbons (Fsp3) is 0.182.